The molecule has 3 aromatic rings. The fourth-order valence-corrected chi connectivity index (χ4v) is 3.57. The highest BCUT2D eigenvalue weighted by atomic mass is 16.5. The summed E-state index contributed by atoms with van der Waals surface area (Å²) in [6.45, 7) is 4.56. The van der Waals surface area contributed by atoms with Crippen LogP contribution in [0.3, 0.4) is 0 Å². The SMILES string of the molecule is COc1ccccc1NC(=O)COc1ccc(C(=O)N(C)Cc2ccc(C(C)C)cc2)cc1OC. The number of nitrogens with zero attached hydrogens (tertiary/aromatic N) is 1. The normalized spacial score (nSPS) is 10.6. The number of carbonyl (C=O) groups is 2. The van der Waals surface area contributed by atoms with Gasteiger partial charge in [-0.2, -0.15) is 0 Å². The van der Waals surface area contributed by atoms with Gasteiger partial charge in [0.05, 0.1) is 19.9 Å². The van der Waals surface area contributed by atoms with Crippen molar-refractivity contribution in [2.45, 2.75) is 26.3 Å². The van der Waals surface area contributed by atoms with Gasteiger partial charge in [-0.25, -0.2) is 0 Å². The summed E-state index contributed by atoms with van der Waals surface area (Å²) in [5.74, 6) is 1.27. The number of carbonyl (C=O) groups excluding carboxylic acids is 2. The highest BCUT2D eigenvalue weighted by molar-refractivity contribution is 5.95. The molecular formula is C28H32N2O5. The molecule has 2 amide bonds. The van der Waals surface area contributed by atoms with Crippen LogP contribution in [0.25, 0.3) is 0 Å². The first-order valence-corrected chi connectivity index (χ1v) is 11.4. The molecule has 7 nitrogen and oxygen atoms in total. The maximum absolute atomic E-state index is 13.0. The summed E-state index contributed by atoms with van der Waals surface area (Å²) in [6, 6.07) is 20.3. The summed E-state index contributed by atoms with van der Waals surface area (Å²) < 4.78 is 16.3. The van der Waals surface area contributed by atoms with Crippen LogP contribution in [0.5, 0.6) is 17.2 Å². The molecule has 3 rings (SSSR count). The van der Waals surface area contributed by atoms with Crippen LogP contribution in [0.2, 0.25) is 0 Å². The Morgan fingerprint density at radius 2 is 1.57 bits per heavy atom. The molecule has 0 aliphatic rings. The van der Waals surface area contributed by atoms with E-state index in [-0.39, 0.29) is 18.4 Å². The van der Waals surface area contributed by atoms with Gasteiger partial charge in [-0.3, -0.25) is 9.59 Å². The number of rotatable bonds is 10. The van der Waals surface area contributed by atoms with Gasteiger partial charge in [0, 0.05) is 19.2 Å². The van der Waals surface area contributed by atoms with Gasteiger partial charge in [-0.15, -0.1) is 0 Å². The summed E-state index contributed by atoms with van der Waals surface area (Å²) >= 11 is 0. The second-order valence-electron chi connectivity index (χ2n) is 8.46. The smallest absolute Gasteiger partial charge is 0.262 e. The molecule has 3 aromatic carbocycles. The second kappa shape index (κ2) is 11.9. The largest absolute Gasteiger partial charge is 0.495 e. The van der Waals surface area contributed by atoms with E-state index in [4.69, 9.17) is 14.2 Å². The Balaban J connectivity index is 1.62. The molecule has 35 heavy (non-hydrogen) atoms. The van der Waals surface area contributed by atoms with Gasteiger partial charge in [-0.1, -0.05) is 50.2 Å². The fourth-order valence-electron chi connectivity index (χ4n) is 3.57. The molecule has 0 aliphatic heterocycles. The van der Waals surface area contributed by atoms with Crippen LogP contribution >= 0.6 is 0 Å². The van der Waals surface area contributed by atoms with Crippen molar-refractivity contribution >= 4 is 17.5 Å². The number of nitrogens with one attached hydrogen (secondary N) is 1. The molecule has 7 heteroatoms. The third-order valence-corrected chi connectivity index (χ3v) is 5.56. The van der Waals surface area contributed by atoms with Crippen molar-refractivity contribution in [2.75, 3.05) is 33.2 Å². The van der Waals surface area contributed by atoms with Crippen LogP contribution in [0.4, 0.5) is 5.69 Å². The zero-order chi connectivity index (χ0) is 25.4. The van der Waals surface area contributed by atoms with Gasteiger partial charge < -0.3 is 24.4 Å². The summed E-state index contributed by atoms with van der Waals surface area (Å²) in [6.07, 6.45) is 0. The first-order valence-electron chi connectivity index (χ1n) is 11.4. The van der Waals surface area contributed by atoms with Crippen LogP contribution in [-0.4, -0.2) is 44.6 Å². The Kier molecular flexibility index (Phi) is 8.73. The molecule has 0 saturated carbocycles. The minimum absolute atomic E-state index is 0.142. The predicted molar refractivity (Wildman–Crippen MR) is 136 cm³/mol. The van der Waals surface area contributed by atoms with Gasteiger partial charge in [0.2, 0.25) is 0 Å². The molecule has 0 radical (unpaired) electrons. The number of anilines is 1. The molecule has 0 saturated heterocycles. The van der Waals surface area contributed by atoms with Crippen molar-refractivity contribution in [2.24, 2.45) is 0 Å². The first kappa shape index (κ1) is 25.6. The number of ether oxygens (including phenoxy) is 3. The minimum Gasteiger partial charge on any atom is -0.495 e. The van der Waals surface area contributed by atoms with E-state index in [1.54, 1.807) is 48.3 Å². The molecule has 0 aromatic heterocycles. The van der Waals surface area contributed by atoms with E-state index < -0.39 is 0 Å². The third kappa shape index (κ3) is 6.76. The van der Waals surface area contributed by atoms with Crippen LogP contribution in [0.1, 0.15) is 41.3 Å². The first-order chi connectivity index (χ1) is 16.8. The standard InChI is InChI=1S/C28H32N2O5/c1-19(2)21-12-10-20(11-13-21)17-30(3)28(32)22-14-15-25(26(16-22)34-5)35-18-27(31)29-23-8-6-7-9-24(23)33-4/h6-16,19H,17-18H2,1-5H3,(H,29,31). The Bertz CT molecular complexity index is 1160. The summed E-state index contributed by atoms with van der Waals surface area (Å²) in [7, 11) is 4.79. The van der Waals surface area contributed by atoms with E-state index in [0.717, 1.165) is 5.56 Å². The molecule has 0 unspecified atom stereocenters. The van der Waals surface area contributed by atoms with Crippen LogP contribution < -0.4 is 19.5 Å². The molecule has 0 heterocycles. The minimum atomic E-state index is -0.347. The van der Waals surface area contributed by atoms with Gasteiger partial charge in [0.15, 0.2) is 18.1 Å². The molecular weight excluding hydrogens is 444 g/mol. The van der Waals surface area contributed by atoms with Gasteiger partial charge >= 0.3 is 0 Å². The Hall–Kier alpha value is -4.00. The third-order valence-electron chi connectivity index (χ3n) is 5.56. The van der Waals surface area contributed by atoms with Crippen LogP contribution in [0, 0.1) is 0 Å². The summed E-state index contributed by atoms with van der Waals surface area (Å²) in [5, 5.41) is 2.76. The number of amides is 2. The van der Waals surface area contributed by atoms with E-state index in [1.165, 1.54) is 19.8 Å². The van der Waals surface area contributed by atoms with Crippen molar-refractivity contribution in [1.29, 1.82) is 0 Å². The van der Waals surface area contributed by atoms with Crippen molar-refractivity contribution in [3.05, 3.63) is 83.4 Å². The Morgan fingerprint density at radius 1 is 0.886 bits per heavy atom. The number of benzene rings is 3. The lowest BCUT2D eigenvalue weighted by Crippen LogP contribution is -2.26. The maximum atomic E-state index is 13.0. The lowest BCUT2D eigenvalue weighted by Gasteiger charge is -2.19. The van der Waals surface area contributed by atoms with Gasteiger partial charge in [-0.05, 0) is 47.4 Å². The van der Waals surface area contributed by atoms with Crippen molar-refractivity contribution in [1.82, 2.24) is 4.90 Å². The second-order valence-corrected chi connectivity index (χ2v) is 8.46. The zero-order valence-electron chi connectivity index (χ0n) is 20.8. The Labute approximate surface area is 206 Å². The topological polar surface area (TPSA) is 77.1 Å². The van der Waals surface area contributed by atoms with Crippen LogP contribution in [0.15, 0.2) is 66.7 Å². The summed E-state index contributed by atoms with van der Waals surface area (Å²) in [5.41, 5.74) is 3.34. The highest BCUT2D eigenvalue weighted by Gasteiger charge is 2.16. The molecule has 1 N–H and O–H groups in total. The number of para-hydroxylation sites is 2. The molecule has 0 atom stereocenters. The molecule has 0 fully saturated rings. The monoisotopic (exact) mass is 476 g/mol. The predicted octanol–water partition coefficient (Wildman–Crippen LogP) is 5.12. The van der Waals surface area contributed by atoms with Crippen molar-refractivity contribution in [3.8, 4) is 17.2 Å². The number of hydrogen-bond donors (Lipinski definition) is 1. The number of hydrogen-bond acceptors (Lipinski definition) is 5. The maximum Gasteiger partial charge on any atom is 0.262 e. The Morgan fingerprint density at radius 3 is 2.23 bits per heavy atom. The molecule has 0 bridgehead atoms. The van der Waals surface area contributed by atoms with E-state index >= 15 is 0 Å². The quantitative estimate of drug-likeness (QED) is 0.440. The summed E-state index contributed by atoms with van der Waals surface area (Å²) in [4.78, 5) is 27.0. The number of methoxy groups -OCH3 is 2. The lowest BCUT2D eigenvalue weighted by atomic mass is 10.0. The average molecular weight is 477 g/mol. The molecule has 184 valence electrons. The highest BCUT2D eigenvalue weighted by Crippen LogP contribution is 2.29. The lowest BCUT2D eigenvalue weighted by molar-refractivity contribution is -0.118. The average Bonchev–Trinajstić information content (AvgIpc) is 2.87. The van der Waals surface area contributed by atoms with Crippen molar-refractivity contribution in [3.63, 3.8) is 0 Å². The van der Waals surface area contributed by atoms with E-state index in [2.05, 4.69) is 31.3 Å². The van der Waals surface area contributed by atoms with Crippen LogP contribution in [-0.2, 0) is 11.3 Å². The molecule has 0 spiro atoms. The fraction of sp³-hybridized carbons (Fsp3) is 0.286. The van der Waals surface area contributed by atoms with Gasteiger partial charge in [0.1, 0.15) is 5.75 Å². The van der Waals surface area contributed by atoms with E-state index in [1.807, 2.05) is 18.2 Å². The molecule has 0 aliphatic carbocycles. The zero-order valence-corrected chi connectivity index (χ0v) is 20.8. The van der Waals surface area contributed by atoms with E-state index in [9.17, 15) is 9.59 Å². The van der Waals surface area contributed by atoms with E-state index in [0.29, 0.717) is 41.0 Å². The van der Waals surface area contributed by atoms with Crippen molar-refractivity contribution < 1.29 is 23.8 Å². The van der Waals surface area contributed by atoms with Gasteiger partial charge in [0.25, 0.3) is 11.8 Å².